The third-order valence-corrected chi connectivity index (χ3v) is 8.17. The van der Waals surface area contributed by atoms with E-state index < -0.39 is 0 Å². The molecule has 39 heavy (non-hydrogen) atoms. The Balaban J connectivity index is 1.22. The molecule has 6 rings (SSSR count). The van der Waals surface area contributed by atoms with Crippen molar-refractivity contribution in [1.29, 1.82) is 0 Å². The second-order valence-electron chi connectivity index (χ2n) is 10.6. The van der Waals surface area contributed by atoms with Crippen LogP contribution in [0.4, 0.5) is 5.82 Å². The second kappa shape index (κ2) is 10.6. The van der Waals surface area contributed by atoms with Crippen LogP contribution in [0.3, 0.4) is 0 Å². The van der Waals surface area contributed by atoms with Crippen LogP contribution in [0.15, 0.2) is 53.6 Å². The monoisotopic (exact) mass is 525 g/mol. The van der Waals surface area contributed by atoms with Gasteiger partial charge in [0.25, 0.3) is 0 Å². The number of likely N-dealkylation sites (tertiary alicyclic amines) is 2. The molecule has 0 spiro atoms. The second-order valence-corrected chi connectivity index (χ2v) is 10.6. The standard InChI is InChI=1S/C30H35N7O2/c1-2-36-28(31)26(29-32-13-14-33-29)27(39)23-11-12-24(34-30(23)36)21-9-7-20(8-10-21)18-25(38)37-17-5-6-22(37)19-35-15-3-4-16-35/h7-14,22H,2-6,15-19,31H2,1H3,(H,32,33)/t22-/m0/s1. The SMILES string of the molecule is CCn1c(N)c(-c2ncc[nH]2)c(=O)c2ccc(-c3ccc(CC(=O)N4CCC[C@H]4CN4CCCC4)cc3)nc21. The van der Waals surface area contributed by atoms with Crippen LogP contribution in [-0.2, 0) is 17.8 Å². The Hall–Kier alpha value is -3.98. The third kappa shape index (κ3) is 4.83. The number of anilines is 1. The van der Waals surface area contributed by atoms with Gasteiger partial charge in [0.1, 0.15) is 22.9 Å². The summed E-state index contributed by atoms with van der Waals surface area (Å²) in [5, 5.41) is 0.498. The van der Waals surface area contributed by atoms with Crippen molar-refractivity contribution in [1.82, 2.24) is 29.3 Å². The summed E-state index contributed by atoms with van der Waals surface area (Å²) in [6.07, 6.45) is 8.42. The highest BCUT2D eigenvalue weighted by molar-refractivity contribution is 5.87. The highest BCUT2D eigenvalue weighted by Crippen LogP contribution is 2.27. The fourth-order valence-corrected chi connectivity index (χ4v) is 6.13. The Kier molecular flexibility index (Phi) is 6.91. The Morgan fingerprint density at radius 1 is 1.08 bits per heavy atom. The van der Waals surface area contributed by atoms with E-state index in [0.717, 1.165) is 55.8 Å². The highest BCUT2D eigenvalue weighted by atomic mass is 16.2. The number of hydrogen-bond donors (Lipinski definition) is 2. The van der Waals surface area contributed by atoms with Gasteiger partial charge >= 0.3 is 0 Å². The van der Waals surface area contributed by atoms with Gasteiger partial charge in [-0.05, 0) is 63.4 Å². The summed E-state index contributed by atoms with van der Waals surface area (Å²) in [6.45, 7) is 6.73. The lowest BCUT2D eigenvalue weighted by Gasteiger charge is -2.28. The Morgan fingerprint density at radius 3 is 2.59 bits per heavy atom. The summed E-state index contributed by atoms with van der Waals surface area (Å²) < 4.78 is 1.85. The molecule has 1 atom stereocenters. The molecule has 2 saturated heterocycles. The van der Waals surface area contributed by atoms with E-state index in [9.17, 15) is 9.59 Å². The van der Waals surface area contributed by atoms with Crippen LogP contribution in [0.1, 0.15) is 38.2 Å². The fraction of sp³-hybridized carbons (Fsp3) is 0.400. The van der Waals surface area contributed by atoms with Gasteiger partial charge < -0.3 is 25.1 Å². The first kappa shape index (κ1) is 25.3. The minimum absolute atomic E-state index is 0.194. The van der Waals surface area contributed by atoms with E-state index >= 15 is 0 Å². The molecule has 1 aromatic carbocycles. The molecular formula is C30H35N7O2. The van der Waals surface area contributed by atoms with E-state index in [0.29, 0.717) is 47.2 Å². The number of aryl methyl sites for hydroxylation is 1. The highest BCUT2D eigenvalue weighted by Gasteiger charge is 2.30. The quantitative estimate of drug-likeness (QED) is 0.381. The van der Waals surface area contributed by atoms with Crippen molar-refractivity contribution in [3.05, 3.63) is 64.6 Å². The molecule has 9 heteroatoms. The molecule has 5 heterocycles. The molecule has 0 unspecified atom stereocenters. The fourth-order valence-electron chi connectivity index (χ4n) is 6.13. The summed E-state index contributed by atoms with van der Waals surface area (Å²) in [4.78, 5) is 43.2. The largest absolute Gasteiger partial charge is 0.384 e. The van der Waals surface area contributed by atoms with Crippen LogP contribution in [0.25, 0.3) is 33.7 Å². The first-order valence-corrected chi connectivity index (χ1v) is 14.0. The van der Waals surface area contributed by atoms with Gasteiger partial charge in [-0.25, -0.2) is 9.97 Å². The van der Waals surface area contributed by atoms with Gasteiger partial charge in [-0.1, -0.05) is 24.3 Å². The number of carbonyl (C=O) groups is 1. The lowest BCUT2D eigenvalue weighted by molar-refractivity contribution is -0.131. The number of fused-ring (bicyclic) bond motifs is 1. The minimum atomic E-state index is -0.194. The number of imidazole rings is 1. The van der Waals surface area contributed by atoms with Crippen molar-refractivity contribution >= 4 is 22.8 Å². The number of nitrogen functional groups attached to an aromatic ring is 1. The molecule has 2 fully saturated rings. The topological polar surface area (TPSA) is 113 Å². The molecule has 0 bridgehead atoms. The molecule has 3 N–H and O–H groups in total. The number of rotatable bonds is 7. The van der Waals surface area contributed by atoms with Crippen LogP contribution < -0.4 is 11.2 Å². The summed E-state index contributed by atoms with van der Waals surface area (Å²) in [6, 6.07) is 12.0. The zero-order valence-electron chi connectivity index (χ0n) is 22.4. The maximum Gasteiger partial charge on any atom is 0.227 e. The normalized spacial score (nSPS) is 17.9. The number of nitrogens with two attached hydrogens (primary N) is 1. The van der Waals surface area contributed by atoms with Crippen molar-refractivity contribution in [2.24, 2.45) is 0 Å². The van der Waals surface area contributed by atoms with Crippen LogP contribution in [-0.4, -0.2) is 67.4 Å². The van der Waals surface area contributed by atoms with Crippen LogP contribution in [0.5, 0.6) is 0 Å². The van der Waals surface area contributed by atoms with Crippen LogP contribution in [0, 0.1) is 0 Å². The molecule has 2 aliphatic heterocycles. The molecule has 9 nitrogen and oxygen atoms in total. The third-order valence-electron chi connectivity index (χ3n) is 8.17. The zero-order valence-corrected chi connectivity index (χ0v) is 22.4. The van der Waals surface area contributed by atoms with Gasteiger partial charge in [0, 0.05) is 43.6 Å². The zero-order chi connectivity index (χ0) is 26.9. The van der Waals surface area contributed by atoms with Crippen molar-refractivity contribution in [3.63, 3.8) is 0 Å². The Morgan fingerprint density at radius 2 is 1.87 bits per heavy atom. The maximum atomic E-state index is 13.3. The van der Waals surface area contributed by atoms with E-state index in [1.54, 1.807) is 12.4 Å². The van der Waals surface area contributed by atoms with E-state index in [-0.39, 0.29) is 11.3 Å². The lowest BCUT2D eigenvalue weighted by Crippen LogP contribution is -2.43. The van der Waals surface area contributed by atoms with Crippen molar-refractivity contribution in [2.75, 3.05) is 31.9 Å². The summed E-state index contributed by atoms with van der Waals surface area (Å²) in [5.74, 6) is 1.00. The predicted octanol–water partition coefficient (Wildman–Crippen LogP) is 3.69. The number of aromatic nitrogens is 4. The summed E-state index contributed by atoms with van der Waals surface area (Å²) >= 11 is 0. The predicted molar refractivity (Wildman–Crippen MR) is 153 cm³/mol. The molecule has 0 aliphatic carbocycles. The Labute approximate surface area is 227 Å². The number of hydrogen-bond acceptors (Lipinski definition) is 6. The van der Waals surface area contributed by atoms with E-state index in [1.807, 2.05) is 47.9 Å². The van der Waals surface area contributed by atoms with Gasteiger partial charge in [0.15, 0.2) is 0 Å². The minimum Gasteiger partial charge on any atom is -0.384 e. The molecular weight excluding hydrogens is 490 g/mol. The first-order valence-electron chi connectivity index (χ1n) is 14.0. The molecule has 202 valence electrons. The summed E-state index contributed by atoms with van der Waals surface area (Å²) in [7, 11) is 0. The van der Waals surface area contributed by atoms with Gasteiger partial charge in [0.05, 0.1) is 17.5 Å². The van der Waals surface area contributed by atoms with Gasteiger partial charge in [0.2, 0.25) is 11.3 Å². The van der Waals surface area contributed by atoms with E-state index in [1.165, 1.54) is 12.8 Å². The molecule has 0 radical (unpaired) electrons. The smallest absolute Gasteiger partial charge is 0.227 e. The lowest BCUT2D eigenvalue weighted by atomic mass is 10.0. The average Bonchev–Trinajstić information content (AvgIpc) is 3.74. The molecule has 1 amide bonds. The van der Waals surface area contributed by atoms with Gasteiger partial charge in [-0.15, -0.1) is 0 Å². The number of pyridine rings is 2. The maximum absolute atomic E-state index is 13.3. The van der Waals surface area contributed by atoms with Crippen molar-refractivity contribution in [2.45, 2.75) is 51.6 Å². The van der Waals surface area contributed by atoms with Gasteiger partial charge in [-0.2, -0.15) is 0 Å². The van der Waals surface area contributed by atoms with E-state index in [4.69, 9.17) is 10.7 Å². The van der Waals surface area contributed by atoms with Crippen LogP contribution in [0.2, 0.25) is 0 Å². The number of benzene rings is 1. The molecule has 0 saturated carbocycles. The molecule has 4 aromatic rings. The number of amides is 1. The summed E-state index contributed by atoms with van der Waals surface area (Å²) in [5.41, 5.74) is 9.81. The number of aromatic amines is 1. The average molecular weight is 526 g/mol. The molecule has 2 aliphatic rings. The number of nitrogens with one attached hydrogen (secondary N) is 1. The number of nitrogens with zero attached hydrogens (tertiary/aromatic N) is 5. The number of carbonyl (C=O) groups excluding carboxylic acids is 1. The first-order chi connectivity index (χ1) is 19.0. The number of H-pyrrole nitrogens is 1. The molecule has 3 aromatic heterocycles. The van der Waals surface area contributed by atoms with E-state index in [2.05, 4.69) is 19.8 Å². The van der Waals surface area contributed by atoms with Gasteiger partial charge in [-0.3, -0.25) is 9.59 Å². The van der Waals surface area contributed by atoms with Crippen molar-refractivity contribution in [3.8, 4) is 22.6 Å². The van der Waals surface area contributed by atoms with Crippen LogP contribution >= 0.6 is 0 Å². The Bertz CT molecular complexity index is 1540. The van der Waals surface area contributed by atoms with Crippen molar-refractivity contribution < 1.29 is 4.79 Å².